The molecule has 0 saturated heterocycles. The monoisotopic (exact) mass is 328 g/mol. The molecule has 21 heavy (non-hydrogen) atoms. The zero-order valence-electron chi connectivity index (χ0n) is 11.5. The number of carbonyl (C=O) groups excluding carboxylic acids is 1. The van der Waals surface area contributed by atoms with Gasteiger partial charge >= 0.3 is 0 Å². The highest BCUT2D eigenvalue weighted by Gasteiger charge is 2.19. The Hall–Kier alpha value is -1.66. The molecule has 0 bridgehead atoms. The molecule has 7 heteroatoms. The molecule has 1 N–H and O–H groups in total. The van der Waals surface area contributed by atoms with Gasteiger partial charge in [-0.2, -0.15) is 0 Å². The predicted molar refractivity (Wildman–Crippen MR) is 80.2 cm³/mol. The molecule has 0 radical (unpaired) electrons. The normalized spacial score (nSPS) is 13.5. The van der Waals surface area contributed by atoms with Gasteiger partial charge in [-0.15, -0.1) is 11.3 Å². The second-order valence-electron chi connectivity index (χ2n) is 4.44. The van der Waals surface area contributed by atoms with E-state index in [1.54, 1.807) is 13.1 Å². The Balaban J connectivity index is 1.96. The zero-order chi connectivity index (χ0) is 15.4. The predicted octanol–water partition coefficient (Wildman–Crippen LogP) is 3.58. The SMILES string of the molecule is C[C@@H](Oc1ccc(F)cc1Cl)C(=O)N[C@H](C)c1nccs1. The molecule has 4 nitrogen and oxygen atoms in total. The zero-order valence-corrected chi connectivity index (χ0v) is 13.0. The molecule has 2 rings (SSSR count). The Morgan fingerprint density at radius 3 is 2.86 bits per heavy atom. The molecule has 0 unspecified atom stereocenters. The molecule has 0 aliphatic heterocycles. The second kappa shape index (κ2) is 6.87. The summed E-state index contributed by atoms with van der Waals surface area (Å²) in [6.45, 7) is 3.44. The van der Waals surface area contributed by atoms with Crippen LogP contribution < -0.4 is 10.1 Å². The molecule has 2 atom stereocenters. The summed E-state index contributed by atoms with van der Waals surface area (Å²) in [7, 11) is 0. The fourth-order valence-corrected chi connectivity index (χ4v) is 2.51. The molecular weight excluding hydrogens is 315 g/mol. The van der Waals surface area contributed by atoms with Gasteiger partial charge in [0, 0.05) is 11.6 Å². The number of halogens is 2. The number of aromatic nitrogens is 1. The number of carbonyl (C=O) groups is 1. The van der Waals surface area contributed by atoms with Crippen molar-refractivity contribution in [3.8, 4) is 5.75 Å². The van der Waals surface area contributed by atoms with Crippen LogP contribution in [-0.4, -0.2) is 17.0 Å². The van der Waals surface area contributed by atoms with Gasteiger partial charge in [0.05, 0.1) is 11.1 Å². The van der Waals surface area contributed by atoms with Crippen molar-refractivity contribution in [3.63, 3.8) is 0 Å². The Morgan fingerprint density at radius 2 is 2.24 bits per heavy atom. The molecule has 1 aromatic heterocycles. The van der Waals surface area contributed by atoms with Gasteiger partial charge in [-0.3, -0.25) is 4.79 Å². The van der Waals surface area contributed by atoms with Gasteiger partial charge in [-0.25, -0.2) is 9.37 Å². The van der Waals surface area contributed by atoms with Crippen LogP contribution in [0.25, 0.3) is 0 Å². The van der Waals surface area contributed by atoms with E-state index in [2.05, 4.69) is 10.3 Å². The third-order valence-corrected chi connectivity index (χ3v) is 4.00. The minimum Gasteiger partial charge on any atom is -0.479 e. The summed E-state index contributed by atoms with van der Waals surface area (Å²) < 4.78 is 18.4. The van der Waals surface area contributed by atoms with Gasteiger partial charge in [0.25, 0.3) is 5.91 Å². The first kappa shape index (κ1) is 15.7. The lowest BCUT2D eigenvalue weighted by Gasteiger charge is -2.18. The van der Waals surface area contributed by atoms with Crippen molar-refractivity contribution < 1.29 is 13.9 Å². The van der Waals surface area contributed by atoms with Gasteiger partial charge in [0.15, 0.2) is 6.10 Å². The van der Waals surface area contributed by atoms with E-state index in [-0.39, 0.29) is 22.7 Å². The van der Waals surface area contributed by atoms with Gasteiger partial charge in [0.2, 0.25) is 0 Å². The smallest absolute Gasteiger partial charge is 0.261 e. The molecule has 1 heterocycles. The van der Waals surface area contributed by atoms with Crippen LogP contribution >= 0.6 is 22.9 Å². The molecule has 0 saturated carbocycles. The molecule has 1 aromatic carbocycles. The first-order valence-corrected chi connectivity index (χ1v) is 7.54. The van der Waals surface area contributed by atoms with Crippen LogP contribution in [0.1, 0.15) is 24.9 Å². The minimum absolute atomic E-state index is 0.127. The average Bonchev–Trinajstić information content (AvgIpc) is 2.95. The summed E-state index contributed by atoms with van der Waals surface area (Å²) >= 11 is 7.32. The number of hydrogen-bond donors (Lipinski definition) is 1. The van der Waals surface area contributed by atoms with Gasteiger partial charge in [0.1, 0.15) is 16.6 Å². The van der Waals surface area contributed by atoms with Crippen molar-refractivity contribution in [1.29, 1.82) is 0 Å². The van der Waals surface area contributed by atoms with E-state index < -0.39 is 11.9 Å². The lowest BCUT2D eigenvalue weighted by molar-refractivity contribution is -0.127. The van der Waals surface area contributed by atoms with Crippen molar-refractivity contribution >= 4 is 28.8 Å². The average molecular weight is 329 g/mol. The van der Waals surface area contributed by atoms with Crippen LogP contribution in [0.2, 0.25) is 5.02 Å². The standard InChI is InChI=1S/C14H14ClFN2O2S/c1-8(14-17-5-6-21-14)18-13(19)9(2)20-12-4-3-10(16)7-11(12)15/h3-9H,1-2H3,(H,18,19)/t8-,9-/m1/s1. The lowest BCUT2D eigenvalue weighted by atomic mass is 10.3. The first-order valence-electron chi connectivity index (χ1n) is 6.29. The van der Waals surface area contributed by atoms with Crippen LogP contribution in [0.3, 0.4) is 0 Å². The third-order valence-electron chi connectivity index (χ3n) is 2.75. The molecule has 0 spiro atoms. The number of nitrogens with zero attached hydrogens (tertiary/aromatic N) is 1. The van der Waals surface area contributed by atoms with E-state index in [4.69, 9.17) is 16.3 Å². The van der Waals surface area contributed by atoms with Crippen LogP contribution in [0.4, 0.5) is 4.39 Å². The Bertz CT molecular complexity index is 621. The van der Waals surface area contributed by atoms with Crippen molar-refractivity contribution in [2.75, 3.05) is 0 Å². The fraction of sp³-hybridized carbons (Fsp3) is 0.286. The van der Waals surface area contributed by atoms with Crippen molar-refractivity contribution in [3.05, 3.63) is 45.6 Å². The summed E-state index contributed by atoms with van der Waals surface area (Å²) in [6.07, 6.45) is 0.927. The van der Waals surface area contributed by atoms with Crippen LogP contribution in [0, 0.1) is 5.82 Å². The van der Waals surface area contributed by atoms with Crippen LogP contribution in [0.15, 0.2) is 29.8 Å². The molecule has 0 fully saturated rings. The molecule has 2 aromatic rings. The topological polar surface area (TPSA) is 51.2 Å². The summed E-state index contributed by atoms with van der Waals surface area (Å²) in [4.78, 5) is 16.2. The van der Waals surface area contributed by atoms with Crippen molar-refractivity contribution in [2.45, 2.75) is 26.0 Å². The molecule has 0 aliphatic rings. The number of amides is 1. The van der Waals surface area contributed by atoms with E-state index >= 15 is 0 Å². The van der Waals surface area contributed by atoms with E-state index in [1.807, 2.05) is 12.3 Å². The minimum atomic E-state index is -0.754. The van der Waals surface area contributed by atoms with E-state index in [1.165, 1.54) is 23.5 Å². The highest BCUT2D eigenvalue weighted by molar-refractivity contribution is 7.09. The van der Waals surface area contributed by atoms with E-state index in [0.717, 1.165) is 11.1 Å². The number of hydrogen-bond acceptors (Lipinski definition) is 4. The maximum atomic E-state index is 12.9. The molecular formula is C14H14ClFN2O2S. The number of thiazole rings is 1. The maximum Gasteiger partial charge on any atom is 0.261 e. The Morgan fingerprint density at radius 1 is 1.48 bits per heavy atom. The summed E-state index contributed by atoms with van der Waals surface area (Å²) in [5.74, 6) is -0.484. The molecule has 112 valence electrons. The second-order valence-corrected chi connectivity index (χ2v) is 5.77. The van der Waals surface area contributed by atoms with Crippen molar-refractivity contribution in [1.82, 2.24) is 10.3 Å². The Kier molecular flexibility index (Phi) is 5.14. The quantitative estimate of drug-likeness (QED) is 0.912. The number of rotatable bonds is 5. The highest BCUT2D eigenvalue weighted by atomic mass is 35.5. The van der Waals surface area contributed by atoms with Crippen LogP contribution in [-0.2, 0) is 4.79 Å². The Labute approximate surface area is 130 Å². The largest absolute Gasteiger partial charge is 0.479 e. The first-order chi connectivity index (χ1) is 9.97. The fourth-order valence-electron chi connectivity index (χ4n) is 1.66. The highest BCUT2D eigenvalue weighted by Crippen LogP contribution is 2.26. The third kappa shape index (κ3) is 4.15. The van der Waals surface area contributed by atoms with Crippen molar-refractivity contribution in [2.24, 2.45) is 0 Å². The van der Waals surface area contributed by atoms with Gasteiger partial charge in [-0.05, 0) is 32.0 Å². The summed E-state index contributed by atoms with van der Waals surface area (Å²) in [5, 5.41) is 5.59. The van der Waals surface area contributed by atoms with Gasteiger partial charge in [-0.1, -0.05) is 11.6 Å². The maximum absolute atomic E-state index is 12.9. The van der Waals surface area contributed by atoms with Gasteiger partial charge < -0.3 is 10.1 Å². The number of ether oxygens (including phenoxy) is 1. The van der Waals surface area contributed by atoms with Crippen LogP contribution in [0.5, 0.6) is 5.75 Å². The number of nitrogens with one attached hydrogen (secondary N) is 1. The van der Waals surface area contributed by atoms with E-state index in [0.29, 0.717) is 0 Å². The lowest BCUT2D eigenvalue weighted by Crippen LogP contribution is -2.37. The molecule has 1 amide bonds. The summed E-state index contributed by atoms with van der Waals surface area (Å²) in [6, 6.07) is 3.56. The molecule has 0 aliphatic carbocycles. The summed E-state index contributed by atoms with van der Waals surface area (Å²) in [5.41, 5.74) is 0. The van der Waals surface area contributed by atoms with E-state index in [9.17, 15) is 9.18 Å². The number of benzene rings is 1.